The average molecular weight is 336 g/mol. The van der Waals surface area contributed by atoms with Crippen LogP contribution in [0.15, 0.2) is 42.5 Å². The van der Waals surface area contributed by atoms with Gasteiger partial charge in [-0.1, -0.05) is 6.07 Å². The number of carbonyl (C=O) groups excluding carboxylic acids is 2. The van der Waals surface area contributed by atoms with Gasteiger partial charge in [-0.3, -0.25) is 0 Å². The van der Waals surface area contributed by atoms with Gasteiger partial charge in [0.15, 0.2) is 0 Å². The van der Waals surface area contributed by atoms with Crippen LogP contribution in [0.3, 0.4) is 0 Å². The normalized spacial score (nSPS) is 9.96. The summed E-state index contributed by atoms with van der Waals surface area (Å²) in [5, 5.41) is 4.48. The molecule has 0 unspecified atom stereocenters. The molecule has 0 aromatic heterocycles. The molecular formula is C16H14F2N2O4. The third-order valence-corrected chi connectivity index (χ3v) is 2.78. The van der Waals surface area contributed by atoms with E-state index < -0.39 is 29.5 Å². The number of anilines is 2. The number of hydrogen-bond donors (Lipinski definition) is 2. The maximum atomic E-state index is 13.4. The number of benzene rings is 2. The minimum atomic E-state index is -0.886. The quantitative estimate of drug-likeness (QED) is 0.650. The third-order valence-electron chi connectivity index (χ3n) is 2.78. The molecule has 0 bridgehead atoms. The Morgan fingerprint density at radius 1 is 1.00 bits per heavy atom. The highest BCUT2D eigenvalue weighted by atomic mass is 19.1. The van der Waals surface area contributed by atoms with Gasteiger partial charge in [-0.2, -0.15) is 0 Å². The van der Waals surface area contributed by atoms with Gasteiger partial charge >= 0.3 is 12.2 Å². The first-order valence-corrected chi connectivity index (χ1v) is 6.96. The molecule has 2 aromatic rings. The number of carbonyl (C=O) groups is 2. The van der Waals surface area contributed by atoms with Crippen molar-refractivity contribution in [1.29, 1.82) is 0 Å². The summed E-state index contributed by atoms with van der Waals surface area (Å²) < 4.78 is 36.4. The molecule has 0 heterocycles. The van der Waals surface area contributed by atoms with E-state index in [1.165, 1.54) is 30.3 Å². The van der Waals surface area contributed by atoms with E-state index in [0.29, 0.717) is 5.69 Å². The largest absolute Gasteiger partial charge is 0.513 e. The Balaban J connectivity index is 1.96. The molecule has 0 fully saturated rings. The molecule has 0 saturated heterocycles. The molecule has 2 aromatic carbocycles. The van der Waals surface area contributed by atoms with Crippen LogP contribution in [0.2, 0.25) is 0 Å². The number of amides is 2. The summed E-state index contributed by atoms with van der Waals surface area (Å²) in [6.07, 6.45) is -0.842. The fraction of sp³-hybridized carbons (Fsp3) is 0.125. The predicted molar refractivity (Wildman–Crippen MR) is 83.1 cm³/mol. The Morgan fingerprint density at radius 2 is 1.62 bits per heavy atom. The van der Waals surface area contributed by atoms with E-state index in [1.54, 1.807) is 6.92 Å². The fourth-order valence-corrected chi connectivity index (χ4v) is 1.74. The van der Waals surface area contributed by atoms with Gasteiger partial charge in [0.2, 0.25) is 0 Å². The Labute approximate surface area is 136 Å². The molecular weight excluding hydrogens is 322 g/mol. The van der Waals surface area contributed by atoms with Gasteiger partial charge in [0.25, 0.3) is 0 Å². The second kappa shape index (κ2) is 7.91. The van der Waals surface area contributed by atoms with Crippen LogP contribution in [0.25, 0.3) is 0 Å². The minimum Gasteiger partial charge on any atom is -0.434 e. The van der Waals surface area contributed by atoms with Crippen LogP contribution in [-0.4, -0.2) is 18.8 Å². The predicted octanol–water partition coefficient (Wildman–Crippen LogP) is 4.14. The zero-order chi connectivity index (χ0) is 17.5. The number of nitrogens with one attached hydrogen (secondary N) is 2. The van der Waals surface area contributed by atoms with Gasteiger partial charge in [0, 0.05) is 5.69 Å². The van der Waals surface area contributed by atoms with Crippen LogP contribution in [0, 0.1) is 11.6 Å². The van der Waals surface area contributed by atoms with Crippen molar-refractivity contribution in [2.24, 2.45) is 0 Å². The first-order valence-electron chi connectivity index (χ1n) is 6.96. The molecule has 24 heavy (non-hydrogen) atoms. The van der Waals surface area contributed by atoms with Gasteiger partial charge in [-0.05, 0) is 43.3 Å². The fourth-order valence-electron chi connectivity index (χ4n) is 1.74. The van der Waals surface area contributed by atoms with E-state index in [1.807, 2.05) is 0 Å². The molecule has 0 atom stereocenters. The SMILES string of the molecule is CCOC(=O)Oc1ccc(NC(=O)Nc2c(F)cccc2F)cc1. The monoisotopic (exact) mass is 336 g/mol. The standard InChI is InChI=1S/C16H14F2N2O4/c1-2-23-16(22)24-11-8-6-10(7-9-11)19-15(21)20-14-12(17)4-3-5-13(14)18/h3-9H,2H2,1H3,(H2,19,20,21). The van der Waals surface area contributed by atoms with Crippen LogP contribution in [-0.2, 0) is 4.74 Å². The van der Waals surface area contributed by atoms with E-state index in [2.05, 4.69) is 15.4 Å². The molecule has 0 saturated carbocycles. The van der Waals surface area contributed by atoms with Crippen molar-refractivity contribution in [3.05, 3.63) is 54.1 Å². The van der Waals surface area contributed by atoms with Gasteiger partial charge in [0.05, 0.1) is 6.61 Å². The van der Waals surface area contributed by atoms with Crippen molar-refractivity contribution in [2.75, 3.05) is 17.2 Å². The van der Waals surface area contributed by atoms with Crippen molar-refractivity contribution >= 4 is 23.6 Å². The van der Waals surface area contributed by atoms with Crippen molar-refractivity contribution in [3.63, 3.8) is 0 Å². The molecule has 0 aliphatic carbocycles. The second-order valence-electron chi connectivity index (χ2n) is 4.49. The first kappa shape index (κ1) is 17.2. The van der Waals surface area contributed by atoms with Gasteiger partial charge in [-0.15, -0.1) is 0 Å². The summed E-state index contributed by atoms with van der Waals surface area (Å²) in [5.74, 6) is -1.55. The van der Waals surface area contributed by atoms with Gasteiger partial charge in [0.1, 0.15) is 23.1 Å². The summed E-state index contributed by atoms with van der Waals surface area (Å²) >= 11 is 0. The number of ether oxygens (including phenoxy) is 2. The highest BCUT2D eigenvalue weighted by molar-refractivity contribution is 5.99. The van der Waals surface area contributed by atoms with E-state index >= 15 is 0 Å². The zero-order valence-corrected chi connectivity index (χ0v) is 12.6. The number of rotatable bonds is 4. The number of para-hydroxylation sites is 1. The highest BCUT2D eigenvalue weighted by Gasteiger charge is 2.12. The van der Waals surface area contributed by atoms with Crippen molar-refractivity contribution in [2.45, 2.75) is 6.92 Å². The Kier molecular flexibility index (Phi) is 5.67. The summed E-state index contributed by atoms with van der Waals surface area (Å²) in [7, 11) is 0. The highest BCUT2D eigenvalue weighted by Crippen LogP contribution is 2.19. The van der Waals surface area contributed by atoms with Crippen molar-refractivity contribution in [1.82, 2.24) is 0 Å². The maximum Gasteiger partial charge on any atom is 0.513 e. The van der Waals surface area contributed by atoms with Crippen LogP contribution in [0.1, 0.15) is 6.92 Å². The van der Waals surface area contributed by atoms with Gasteiger partial charge in [-0.25, -0.2) is 18.4 Å². The lowest BCUT2D eigenvalue weighted by molar-refractivity contribution is 0.104. The van der Waals surface area contributed by atoms with E-state index in [-0.39, 0.29) is 12.4 Å². The smallest absolute Gasteiger partial charge is 0.434 e. The Morgan fingerprint density at radius 3 is 2.21 bits per heavy atom. The van der Waals surface area contributed by atoms with Crippen LogP contribution >= 0.6 is 0 Å². The minimum absolute atomic E-state index is 0.186. The molecule has 0 aliphatic heterocycles. The molecule has 0 spiro atoms. The van der Waals surface area contributed by atoms with Gasteiger partial charge < -0.3 is 20.1 Å². The number of urea groups is 1. The molecule has 2 amide bonds. The molecule has 2 rings (SSSR count). The maximum absolute atomic E-state index is 13.4. The molecule has 0 aliphatic rings. The summed E-state index contributed by atoms with van der Waals surface area (Å²) in [6.45, 7) is 1.83. The average Bonchev–Trinajstić information content (AvgIpc) is 2.53. The molecule has 6 nitrogen and oxygen atoms in total. The van der Waals surface area contributed by atoms with E-state index in [9.17, 15) is 18.4 Å². The second-order valence-corrected chi connectivity index (χ2v) is 4.49. The first-order chi connectivity index (χ1) is 11.5. The van der Waals surface area contributed by atoms with E-state index in [4.69, 9.17) is 4.74 Å². The topological polar surface area (TPSA) is 76.7 Å². The lowest BCUT2D eigenvalue weighted by Crippen LogP contribution is -2.21. The molecule has 2 N–H and O–H groups in total. The molecule has 0 radical (unpaired) electrons. The summed E-state index contributed by atoms with van der Waals surface area (Å²) in [6, 6.07) is 8.18. The summed E-state index contributed by atoms with van der Waals surface area (Å²) in [4.78, 5) is 22.9. The number of halogens is 2. The van der Waals surface area contributed by atoms with E-state index in [0.717, 1.165) is 12.1 Å². The Bertz CT molecular complexity index is 715. The number of hydrogen-bond acceptors (Lipinski definition) is 4. The Hall–Kier alpha value is -3.16. The lowest BCUT2D eigenvalue weighted by Gasteiger charge is -2.10. The lowest BCUT2D eigenvalue weighted by atomic mass is 10.3. The van der Waals surface area contributed by atoms with Crippen LogP contribution in [0.5, 0.6) is 5.75 Å². The molecule has 126 valence electrons. The van der Waals surface area contributed by atoms with Crippen LogP contribution in [0.4, 0.5) is 29.7 Å². The third kappa shape index (κ3) is 4.67. The molecule has 8 heteroatoms. The zero-order valence-electron chi connectivity index (χ0n) is 12.6. The summed E-state index contributed by atoms with van der Waals surface area (Å²) in [5.41, 5.74) is -0.210. The van der Waals surface area contributed by atoms with Crippen molar-refractivity contribution in [3.8, 4) is 5.75 Å². The van der Waals surface area contributed by atoms with Crippen LogP contribution < -0.4 is 15.4 Å². The van der Waals surface area contributed by atoms with Crippen molar-refractivity contribution < 1.29 is 27.8 Å².